The Morgan fingerprint density at radius 1 is 1.13 bits per heavy atom. The lowest BCUT2D eigenvalue weighted by molar-refractivity contribution is -0.142. The maximum Gasteiger partial charge on any atom is 0.318 e. The molecule has 2 atom stereocenters. The number of carbonyl (C=O) groups excluding carboxylic acids is 1. The van der Waals surface area contributed by atoms with E-state index >= 15 is 0 Å². The molecular formula is C18H24O4S. The standard InChI is InChI=1S/C18H24O4S/c1-14-12-21-13-20-10-6-7-11-22-18(19)15(2)23-17(14)16-8-4-3-5-9-16/h3-5,8-9,15,17H,1,6-7,10-13H2,2H3. The van der Waals surface area contributed by atoms with Gasteiger partial charge in [0.15, 0.2) is 0 Å². The molecule has 0 saturated carbocycles. The van der Waals surface area contributed by atoms with Gasteiger partial charge < -0.3 is 14.2 Å². The van der Waals surface area contributed by atoms with Gasteiger partial charge in [-0.1, -0.05) is 36.9 Å². The minimum Gasteiger partial charge on any atom is -0.465 e. The van der Waals surface area contributed by atoms with Gasteiger partial charge in [0.2, 0.25) is 0 Å². The quantitative estimate of drug-likeness (QED) is 0.577. The van der Waals surface area contributed by atoms with E-state index < -0.39 is 0 Å². The normalized spacial score (nSPS) is 25.4. The summed E-state index contributed by atoms with van der Waals surface area (Å²) in [7, 11) is 0. The number of hydrogen-bond donors (Lipinski definition) is 0. The molecule has 5 heteroatoms. The second-order valence-corrected chi connectivity index (χ2v) is 6.93. The van der Waals surface area contributed by atoms with Crippen molar-refractivity contribution in [1.82, 2.24) is 0 Å². The highest BCUT2D eigenvalue weighted by Crippen LogP contribution is 2.38. The predicted octanol–water partition coefficient (Wildman–Crippen LogP) is 3.73. The first-order chi connectivity index (χ1) is 11.2. The topological polar surface area (TPSA) is 44.8 Å². The monoisotopic (exact) mass is 336 g/mol. The molecule has 4 nitrogen and oxygen atoms in total. The molecule has 0 N–H and O–H groups in total. The van der Waals surface area contributed by atoms with Gasteiger partial charge in [-0.05, 0) is 30.9 Å². The van der Waals surface area contributed by atoms with Crippen molar-refractivity contribution in [2.24, 2.45) is 0 Å². The molecular weight excluding hydrogens is 312 g/mol. The Morgan fingerprint density at radius 2 is 1.87 bits per heavy atom. The Balaban J connectivity index is 2.10. The number of thioether (sulfide) groups is 1. The third-order valence-corrected chi connectivity index (χ3v) is 5.01. The zero-order chi connectivity index (χ0) is 16.5. The molecule has 0 spiro atoms. The molecule has 0 aromatic heterocycles. The summed E-state index contributed by atoms with van der Waals surface area (Å²) in [6.45, 7) is 7.75. The lowest BCUT2D eigenvalue weighted by Gasteiger charge is -2.23. The molecule has 23 heavy (non-hydrogen) atoms. The van der Waals surface area contributed by atoms with Crippen LogP contribution in [0.25, 0.3) is 0 Å². The molecule has 0 amide bonds. The molecule has 0 bridgehead atoms. The van der Waals surface area contributed by atoms with Gasteiger partial charge in [0.1, 0.15) is 12.0 Å². The SMILES string of the molecule is C=C1COCOCCCCOC(=O)C(C)SC1c1ccccc1. The Kier molecular flexibility index (Phi) is 7.65. The average molecular weight is 336 g/mol. The van der Waals surface area contributed by atoms with Gasteiger partial charge in [0, 0.05) is 6.61 Å². The zero-order valence-electron chi connectivity index (χ0n) is 13.5. The van der Waals surface area contributed by atoms with Crippen molar-refractivity contribution < 1.29 is 19.0 Å². The van der Waals surface area contributed by atoms with Crippen LogP contribution in [-0.2, 0) is 19.0 Å². The lowest BCUT2D eigenvalue weighted by atomic mass is 10.1. The first kappa shape index (κ1) is 18.0. The van der Waals surface area contributed by atoms with Crippen LogP contribution in [0, 0.1) is 0 Å². The van der Waals surface area contributed by atoms with Gasteiger partial charge >= 0.3 is 5.97 Å². The second-order valence-electron chi connectivity index (χ2n) is 5.48. The molecule has 2 unspecified atom stereocenters. The first-order valence-electron chi connectivity index (χ1n) is 7.88. The van der Waals surface area contributed by atoms with Crippen molar-refractivity contribution in [3.8, 4) is 0 Å². The molecule has 126 valence electrons. The van der Waals surface area contributed by atoms with Crippen LogP contribution < -0.4 is 0 Å². The number of carbonyl (C=O) groups is 1. The number of benzene rings is 1. The summed E-state index contributed by atoms with van der Waals surface area (Å²) in [5, 5.41) is -0.266. The predicted molar refractivity (Wildman–Crippen MR) is 92.3 cm³/mol. The van der Waals surface area contributed by atoms with Crippen LogP contribution in [-0.4, -0.2) is 37.8 Å². The molecule has 2 rings (SSSR count). The van der Waals surface area contributed by atoms with E-state index in [-0.39, 0.29) is 23.3 Å². The third kappa shape index (κ3) is 6.01. The van der Waals surface area contributed by atoms with Gasteiger partial charge in [0.05, 0.1) is 18.5 Å². The van der Waals surface area contributed by atoms with Crippen molar-refractivity contribution >= 4 is 17.7 Å². The van der Waals surface area contributed by atoms with Crippen LogP contribution in [0.3, 0.4) is 0 Å². The maximum absolute atomic E-state index is 12.1. The molecule has 1 aliphatic heterocycles. The summed E-state index contributed by atoms with van der Waals surface area (Å²) >= 11 is 1.55. The van der Waals surface area contributed by atoms with E-state index in [0.717, 1.165) is 24.0 Å². The van der Waals surface area contributed by atoms with Gasteiger partial charge in [-0.3, -0.25) is 4.79 Å². The van der Waals surface area contributed by atoms with Crippen molar-refractivity contribution in [2.75, 3.05) is 26.6 Å². The summed E-state index contributed by atoms with van der Waals surface area (Å²) in [6, 6.07) is 10.0. The van der Waals surface area contributed by atoms with E-state index in [1.54, 1.807) is 11.8 Å². The summed E-state index contributed by atoms with van der Waals surface area (Å²) in [5.41, 5.74) is 2.03. The van der Waals surface area contributed by atoms with Gasteiger partial charge in [0.25, 0.3) is 0 Å². The largest absolute Gasteiger partial charge is 0.465 e. The first-order valence-corrected chi connectivity index (χ1v) is 8.83. The molecule has 1 aromatic rings. The molecule has 1 fully saturated rings. The average Bonchev–Trinajstić information content (AvgIpc) is 2.57. The van der Waals surface area contributed by atoms with Crippen LogP contribution in [0.4, 0.5) is 0 Å². The fourth-order valence-electron chi connectivity index (χ4n) is 2.26. The van der Waals surface area contributed by atoms with Crippen molar-refractivity contribution in [1.29, 1.82) is 0 Å². The molecule has 1 aromatic carbocycles. The van der Waals surface area contributed by atoms with E-state index in [9.17, 15) is 4.79 Å². The minimum atomic E-state index is -0.254. The number of esters is 1. The van der Waals surface area contributed by atoms with E-state index in [1.807, 2.05) is 37.3 Å². The second kappa shape index (κ2) is 9.75. The third-order valence-electron chi connectivity index (χ3n) is 3.53. The summed E-state index contributed by atoms with van der Waals surface area (Å²) in [6.07, 6.45) is 1.66. The van der Waals surface area contributed by atoms with Crippen LogP contribution in [0.1, 0.15) is 30.6 Å². The smallest absolute Gasteiger partial charge is 0.318 e. The van der Waals surface area contributed by atoms with E-state index in [4.69, 9.17) is 14.2 Å². The minimum absolute atomic E-state index is 0.0123. The van der Waals surface area contributed by atoms with Gasteiger partial charge in [-0.25, -0.2) is 0 Å². The Bertz CT molecular complexity index is 503. The highest BCUT2D eigenvalue weighted by Gasteiger charge is 2.24. The fourth-order valence-corrected chi connectivity index (χ4v) is 3.42. The molecule has 1 heterocycles. The van der Waals surface area contributed by atoms with E-state index in [2.05, 4.69) is 6.58 Å². The highest BCUT2D eigenvalue weighted by atomic mass is 32.2. The Hall–Kier alpha value is -1.30. The van der Waals surface area contributed by atoms with E-state index in [0.29, 0.717) is 19.8 Å². The van der Waals surface area contributed by atoms with E-state index in [1.165, 1.54) is 0 Å². The summed E-state index contributed by atoms with van der Waals surface area (Å²) in [4.78, 5) is 12.1. The van der Waals surface area contributed by atoms with Crippen molar-refractivity contribution in [3.05, 3.63) is 48.0 Å². The van der Waals surface area contributed by atoms with Gasteiger partial charge in [-0.2, -0.15) is 0 Å². The Labute approximate surface area is 142 Å². The van der Waals surface area contributed by atoms with Crippen LogP contribution in [0.2, 0.25) is 0 Å². The molecule has 1 saturated heterocycles. The van der Waals surface area contributed by atoms with Crippen LogP contribution in [0.15, 0.2) is 42.5 Å². The zero-order valence-corrected chi connectivity index (χ0v) is 14.3. The highest BCUT2D eigenvalue weighted by molar-refractivity contribution is 8.01. The fraction of sp³-hybridized carbons (Fsp3) is 0.500. The van der Waals surface area contributed by atoms with Crippen LogP contribution in [0.5, 0.6) is 0 Å². The molecule has 1 aliphatic rings. The van der Waals surface area contributed by atoms with Crippen LogP contribution >= 0.6 is 11.8 Å². The summed E-state index contributed by atoms with van der Waals surface area (Å²) in [5.74, 6) is -0.178. The lowest BCUT2D eigenvalue weighted by Crippen LogP contribution is -2.20. The van der Waals surface area contributed by atoms with Crippen molar-refractivity contribution in [2.45, 2.75) is 30.3 Å². The number of cyclic esters (lactones) is 1. The maximum atomic E-state index is 12.1. The number of rotatable bonds is 1. The number of ether oxygens (including phenoxy) is 3. The van der Waals surface area contributed by atoms with Gasteiger partial charge in [-0.15, -0.1) is 11.8 Å². The molecule has 0 radical (unpaired) electrons. The Morgan fingerprint density at radius 3 is 2.65 bits per heavy atom. The number of hydrogen-bond acceptors (Lipinski definition) is 5. The summed E-state index contributed by atoms with van der Waals surface area (Å²) < 4.78 is 16.3. The molecule has 0 aliphatic carbocycles. The van der Waals surface area contributed by atoms with Crippen molar-refractivity contribution in [3.63, 3.8) is 0 Å².